The number of hydrogen-bond acceptors (Lipinski definition) is 4. The van der Waals surface area contributed by atoms with Crippen molar-refractivity contribution in [2.45, 2.75) is 12.6 Å². The van der Waals surface area contributed by atoms with Gasteiger partial charge < -0.3 is 0 Å². The number of hydrogen-bond donors (Lipinski definition) is 0. The summed E-state index contributed by atoms with van der Waals surface area (Å²) in [7, 11) is 2.20. The van der Waals surface area contributed by atoms with E-state index < -0.39 is 11.6 Å². The van der Waals surface area contributed by atoms with Crippen LogP contribution < -0.4 is 0 Å². The molecule has 1 rings (SSSR count). The van der Waals surface area contributed by atoms with E-state index in [1.807, 2.05) is 0 Å². The van der Waals surface area contributed by atoms with Gasteiger partial charge in [-0.25, -0.2) is 19.2 Å². The van der Waals surface area contributed by atoms with Gasteiger partial charge in [0, 0.05) is 28.6 Å². The summed E-state index contributed by atoms with van der Waals surface area (Å²) >= 11 is 0. The zero-order valence-electron chi connectivity index (χ0n) is 8.72. The van der Waals surface area contributed by atoms with E-state index in [2.05, 4.69) is 9.24 Å². The summed E-state index contributed by atoms with van der Waals surface area (Å²) in [5.74, 6) is 5.72. The second kappa shape index (κ2) is 6.48. The van der Waals surface area contributed by atoms with Crippen LogP contribution in [0.5, 0.6) is 0 Å². The Labute approximate surface area is 110 Å². The SMILES string of the molecule is CC1C(=C=O)C(=C=O)C(P)C(=C=O)C1=C=O.[Fe]. The Bertz CT molecular complexity index is 442. The molecule has 0 aromatic heterocycles. The third-order valence-corrected chi connectivity index (χ3v) is 3.17. The van der Waals surface area contributed by atoms with Gasteiger partial charge in [0.05, 0.1) is 22.3 Å². The second-order valence-corrected chi connectivity index (χ2v) is 3.93. The maximum atomic E-state index is 10.7. The summed E-state index contributed by atoms with van der Waals surface area (Å²) in [6.45, 7) is 1.52. The van der Waals surface area contributed by atoms with Crippen LogP contribution in [0.1, 0.15) is 6.92 Å². The minimum atomic E-state index is -0.751. The average Bonchev–Trinajstić information content (AvgIpc) is 2.30. The van der Waals surface area contributed by atoms with E-state index in [-0.39, 0.29) is 39.4 Å². The summed E-state index contributed by atoms with van der Waals surface area (Å²) in [5.41, 5.74) is -0.645. The van der Waals surface area contributed by atoms with Crippen LogP contribution in [0.2, 0.25) is 0 Å². The van der Waals surface area contributed by atoms with Crippen LogP contribution in [0.3, 0.4) is 0 Å². The van der Waals surface area contributed by atoms with E-state index in [1.165, 1.54) is 6.92 Å². The fraction of sp³-hybridized carbons (Fsp3) is 0.273. The molecule has 0 bridgehead atoms. The van der Waals surface area contributed by atoms with Crippen molar-refractivity contribution < 1.29 is 36.2 Å². The summed E-state index contributed by atoms with van der Waals surface area (Å²) in [5, 5.41) is 0. The predicted octanol–water partition coefficient (Wildman–Crippen LogP) is -0.0907. The number of allylic oxidation sites excluding steroid dienone is 4. The maximum Gasteiger partial charge on any atom is 0.130 e. The van der Waals surface area contributed by atoms with Gasteiger partial charge in [-0.05, 0) is 0 Å². The number of carbonyl (C=O) groups excluding carboxylic acids is 4. The van der Waals surface area contributed by atoms with Gasteiger partial charge >= 0.3 is 0 Å². The first-order chi connectivity index (χ1) is 7.62. The Morgan fingerprint density at radius 2 is 1.12 bits per heavy atom. The molecular weight excluding hydrogens is 283 g/mol. The second-order valence-electron chi connectivity index (χ2n) is 3.26. The smallest absolute Gasteiger partial charge is 0.130 e. The van der Waals surface area contributed by atoms with Crippen LogP contribution in [-0.2, 0) is 36.2 Å². The van der Waals surface area contributed by atoms with Crippen molar-refractivity contribution in [2.75, 3.05) is 0 Å². The topological polar surface area (TPSA) is 68.3 Å². The zero-order valence-corrected chi connectivity index (χ0v) is 11.0. The summed E-state index contributed by atoms with van der Waals surface area (Å²) in [6, 6.07) is 0. The maximum absolute atomic E-state index is 10.7. The molecule has 0 aliphatic heterocycles. The molecule has 0 saturated heterocycles. The Kier molecular flexibility index (Phi) is 6.00. The molecule has 1 fully saturated rings. The molecule has 1 aliphatic carbocycles. The number of rotatable bonds is 0. The Balaban J connectivity index is 0.00000256. The largest absolute Gasteiger partial charge is 0.233 e. The third-order valence-electron chi connectivity index (χ3n) is 2.51. The van der Waals surface area contributed by atoms with E-state index in [1.54, 1.807) is 23.8 Å². The first-order valence-corrected chi connectivity index (χ1v) is 5.05. The standard InChI is InChI=1S/C11H7O4P.Fe/c1-6-7(2-12)9(4-14)11(16)10(5-15)8(6)3-13;/h6,11H,16H2,1H3;. The first kappa shape index (κ1) is 15.7. The minimum absolute atomic E-state index is 0. The third kappa shape index (κ3) is 2.54. The molecule has 1 unspecified atom stereocenters. The molecule has 0 N–H and O–H groups in total. The van der Waals surface area contributed by atoms with E-state index in [0.717, 1.165) is 0 Å². The molecule has 17 heavy (non-hydrogen) atoms. The van der Waals surface area contributed by atoms with Gasteiger partial charge in [-0.15, -0.1) is 9.24 Å². The van der Waals surface area contributed by atoms with Gasteiger partial charge in [0.2, 0.25) is 0 Å². The van der Waals surface area contributed by atoms with Crippen LogP contribution in [0.15, 0.2) is 22.3 Å². The van der Waals surface area contributed by atoms with Crippen molar-refractivity contribution in [3.8, 4) is 0 Å². The van der Waals surface area contributed by atoms with Crippen molar-refractivity contribution >= 4 is 33.0 Å². The van der Waals surface area contributed by atoms with Gasteiger partial charge in [-0.2, -0.15) is 0 Å². The van der Waals surface area contributed by atoms with Crippen molar-refractivity contribution in [2.24, 2.45) is 5.92 Å². The van der Waals surface area contributed by atoms with Crippen LogP contribution >= 0.6 is 9.24 Å². The Morgan fingerprint density at radius 1 is 0.824 bits per heavy atom. The molecule has 6 heteroatoms. The molecule has 88 valence electrons. The fourth-order valence-corrected chi connectivity index (χ4v) is 2.11. The van der Waals surface area contributed by atoms with Gasteiger partial charge in [0.25, 0.3) is 0 Å². The van der Waals surface area contributed by atoms with Gasteiger partial charge in [0.15, 0.2) is 0 Å². The quantitative estimate of drug-likeness (QED) is 0.355. The molecule has 0 spiro atoms. The van der Waals surface area contributed by atoms with Crippen molar-refractivity contribution in [1.82, 2.24) is 0 Å². The summed E-state index contributed by atoms with van der Waals surface area (Å²) < 4.78 is 0. The average molecular weight is 290 g/mol. The van der Waals surface area contributed by atoms with Crippen molar-refractivity contribution in [3.05, 3.63) is 22.3 Å². The predicted molar refractivity (Wildman–Crippen MR) is 59.5 cm³/mol. The van der Waals surface area contributed by atoms with Crippen LogP contribution in [0.25, 0.3) is 0 Å². The van der Waals surface area contributed by atoms with E-state index in [4.69, 9.17) is 0 Å². The molecule has 1 aliphatic rings. The van der Waals surface area contributed by atoms with Crippen LogP contribution in [0.4, 0.5) is 0 Å². The molecule has 4 nitrogen and oxygen atoms in total. The van der Waals surface area contributed by atoms with E-state index in [9.17, 15) is 19.2 Å². The van der Waals surface area contributed by atoms with Gasteiger partial charge in [-0.3, -0.25) is 0 Å². The molecule has 0 radical (unpaired) electrons. The molecule has 0 aromatic carbocycles. The first-order valence-electron chi connectivity index (χ1n) is 4.38. The molecular formula is C11H7FeO4P. The molecule has 0 heterocycles. The van der Waals surface area contributed by atoms with Crippen LogP contribution in [0, 0.1) is 5.92 Å². The normalized spacial score (nSPS) is 22.9. The monoisotopic (exact) mass is 290 g/mol. The fourth-order valence-electron chi connectivity index (χ4n) is 1.61. The van der Waals surface area contributed by atoms with Crippen molar-refractivity contribution in [3.63, 3.8) is 0 Å². The Hall–Kier alpha value is -1.25. The van der Waals surface area contributed by atoms with Gasteiger partial charge in [0.1, 0.15) is 23.8 Å². The molecule has 1 saturated carbocycles. The van der Waals surface area contributed by atoms with Crippen molar-refractivity contribution in [1.29, 1.82) is 0 Å². The zero-order chi connectivity index (χ0) is 12.3. The van der Waals surface area contributed by atoms with Crippen LogP contribution in [-0.4, -0.2) is 29.4 Å². The molecule has 0 amide bonds. The molecule has 0 aromatic rings. The van der Waals surface area contributed by atoms with E-state index >= 15 is 0 Å². The van der Waals surface area contributed by atoms with E-state index in [0.29, 0.717) is 0 Å². The Morgan fingerprint density at radius 3 is 1.35 bits per heavy atom. The minimum Gasteiger partial charge on any atom is -0.233 e. The van der Waals surface area contributed by atoms with Gasteiger partial charge in [-0.1, -0.05) is 6.92 Å². The molecule has 1 atom stereocenters. The summed E-state index contributed by atoms with van der Waals surface area (Å²) in [4.78, 5) is 42.9. The summed E-state index contributed by atoms with van der Waals surface area (Å²) in [6.07, 6.45) is 0.